The number of nitrogens with one attached hydrogen (secondary N) is 3. The molecule has 3 rings (SSSR count). The zero-order valence-corrected chi connectivity index (χ0v) is 15.9. The predicted molar refractivity (Wildman–Crippen MR) is 108 cm³/mol. The number of nitrogens with zero attached hydrogens (tertiary/aromatic N) is 1. The Labute approximate surface area is 162 Å². The molecule has 1 heterocycles. The van der Waals surface area contributed by atoms with E-state index in [4.69, 9.17) is 0 Å². The molecule has 0 radical (unpaired) electrons. The number of aromatic amines is 1. The van der Waals surface area contributed by atoms with Crippen molar-refractivity contribution < 1.29 is 13.5 Å². The van der Waals surface area contributed by atoms with Crippen LogP contribution < -0.4 is 15.4 Å². The van der Waals surface area contributed by atoms with Crippen LogP contribution in [0.25, 0.3) is 10.9 Å². The molecule has 7 heteroatoms. The minimum atomic E-state index is -2.85. The van der Waals surface area contributed by atoms with Crippen LogP contribution in [-0.4, -0.2) is 31.1 Å². The molecule has 3 aromatic rings. The number of guanidine groups is 1. The number of H-pyrrole nitrogens is 1. The van der Waals surface area contributed by atoms with Crippen molar-refractivity contribution in [3.8, 4) is 5.75 Å². The summed E-state index contributed by atoms with van der Waals surface area (Å²) in [6, 6.07) is 13.1. The minimum absolute atomic E-state index is 0.162. The van der Waals surface area contributed by atoms with Crippen LogP contribution in [0, 0.1) is 6.92 Å². The number of fused-ring (bicyclic) bond motifs is 1. The van der Waals surface area contributed by atoms with Gasteiger partial charge in [0.2, 0.25) is 0 Å². The van der Waals surface area contributed by atoms with Gasteiger partial charge in [-0.25, -0.2) is 0 Å². The molecule has 0 amide bonds. The molecule has 5 nitrogen and oxygen atoms in total. The molecule has 0 saturated heterocycles. The summed E-state index contributed by atoms with van der Waals surface area (Å²) in [4.78, 5) is 7.48. The highest BCUT2D eigenvalue weighted by Gasteiger charge is 2.10. The largest absolute Gasteiger partial charge is 0.434 e. The molecular formula is C21H24F2N4O. The van der Waals surface area contributed by atoms with Crippen LogP contribution in [0.5, 0.6) is 5.75 Å². The minimum Gasteiger partial charge on any atom is -0.434 e. The standard InChI is InChI=1S/C21H24F2N4O/c1-14-7-8-17-15(12-26-18(17)11-14)9-10-25-21(24-2)27-13-16-5-3-4-6-19(16)28-20(22)23/h3-8,11-12,20,26H,9-10,13H2,1-2H3,(H2,24,25,27). The zero-order chi connectivity index (χ0) is 19.9. The van der Waals surface area contributed by atoms with Crippen LogP contribution in [0.15, 0.2) is 53.7 Å². The lowest BCUT2D eigenvalue weighted by atomic mass is 10.1. The highest BCUT2D eigenvalue weighted by atomic mass is 19.3. The van der Waals surface area contributed by atoms with Gasteiger partial charge < -0.3 is 20.4 Å². The number of benzene rings is 2. The first kappa shape index (κ1) is 19.7. The summed E-state index contributed by atoms with van der Waals surface area (Å²) in [7, 11) is 1.67. The van der Waals surface area contributed by atoms with E-state index in [9.17, 15) is 8.78 Å². The third-order valence-corrected chi connectivity index (χ3v) is 4.47. The Morgan fingerprint density at radius 3 is 2.75 bits per heavy atom. The number of aryl methyl sites for hydroxylation is 1. The number of aliphatic imine (C=N–C) groups is 1. The fourth-order valence-electron chi connectivity index (χ4n) is 3.08. The lowest BCUT2D eigenvalue weighted by Crippen LogP contribution is -2.37. The number of halogens is 2. The number of ether oxygens (including phenoxy) is 1. The van der Waals surface area contributed by atoms with E-state index in [-0.39, 0.29) is 5.75 Å². The average Bonchev–Trinajstić information content (AvgIpc) is 3.07. The highest BCUT2D eigenvalue weighted by molar-refractivity contribution is 5.84. The summed E-state index contributed by atoms with van der Waals surface area (Å²) >= 11 is 0. The molecule has 0 unspecified atom stereocenters. The van der Waals surface area contributed by atoms with Crippen LogP contribution in [0.2, 0.25) is 0 Å². The van der Waals surface area contributed by atoms with Gasteiger partial charge in [0.1, 0.15) is 5.75 Å². The topological polar surface area (TPSA) is 61.4 Å². The van der Waals surface area contributed by atoms with Crippen molar-refractivity contribution in [2.24, 2.45) is 4.99 Å². The molecule has 0 bridgehead atoms. The van der Waals surface area contributed by atoms with E-state index in [1.54, 1.807) is 25.2 Å². The van der Waals surface area contributed by atoms with Crippen LogP contribution in [0.4, 0.5) is 8.78 Å². The molecule has 28 heavy (non-hydrogen) atoms. The first-order chi connectivity index (χ1) is 13.6. The lowest BCUT2D eigenvalue weighted by molar-refractivity contribution is -0.0504. The summed E-state index contributed by atoms with van der Waals surface area (Å²) in [5, 5.41) is 7.60. The van der Waals surface area contributed by atoms with Crippen molar-refractivity contribution in [1.29, 1.82) is 0 Å². The predicted octanol–water partition coefficient (Wildman–Crippen LogP) is 3.99. The number of hydrogen-bond donors (Lipinski definition) is 3. The highest BCUT2D eigenvalue weighted by Crippen LogP contribution is 2.20. The van der Waals surface area contributed by atoms with Gasteiger partial charge in [0.25, 0.3) is 0 Å². The Hall–Kier alpha value is -3.09. The second kappa shape index (κ2) is 9.21. The Morgan fingerprint density at radius 2 is 1.96 bits per heavy atom. The maximum absolute atomic E-state index is 12.5. The molecule has 0 atom stereocenters. The number of para-hydroxylation sites is 1. The van der Waals surface area contributed by atoms with Gasteiger partial charge in [-0.15, -0.1) is 0 Å². The van der Waals surface area contributed by atoms with Crippen LogP contribution in [0.3, 0.4) is 0 Å². The van der Waals surface area contributed by atoms with Gasteiger partial charge in [-0.1, -0.05) is 30.3 Å². The van der Waals surface area contributed by atoms with Crippen LogP contribution >= 0.6 is 0 Å². The molecule has 1 aromatic heterocycles. The maximum atomic E-state index is 12.5. The van der Waals surface area contributed by atoms with E-state index in [0.29, 0.717) is 24.6 Å². The molecule has 0 aliphatic carbocycles. The van der Waals surface area contributed by atoms with Gasteiger partial charge in [-0.3, -0.25) is 4.99 Å². The fourth-order valence-corrected chi connectivity index (χ4v) is 3.08. The molecule has 0 aliphatic heterocycles. The smallest absolute Gasteiger partial charge is 0.387 e. The number of alkyl halides is 2. The summed E-state index contributed by atoms with van der Waals surface area (Å²) in [5.74, 6) is 0.761. The Bertz CT molecular complexity index is 952. The first-order valence-corrected chi connectivity index (χ1v) is 9.10. The fraction of sp³-hybridized carbons (Fsp3) is 0.286. The zero-order valence-electron chi connectivity index (χ0n) is 15.9. The number of hydrogen-bond acceptors (Lipinski definition) is 2. The third kappa shape index (κ3) is 5.00. The second-order valence-electron chi connectivity index (χ2n) is 6.45. The Kier molecular flexibility index (Phi) is 6.47. The van der Waals surface area contributed by atoms with Crippen LogP contribution in [-0.2, 0) is 13.0 Å². The van der Waals surface area contributed by atoms with Gasteiger partial charge in [-0.05, 0) is 36.6 Å². The van der Waals surface area contributed by atoms with Gasteiger partial charge >= 0.3 is 6.61 Å². The molecule has 148 valence electrons. The van der Waals surface area contributed by atoms with Crippen molar-refractivity contribution in [2.75, 3.05) is 13.6 Å². The SMILES string of the molecule is CN=C(NCCc1c[nH]c2cc(C)ccc12)NCc1ccccc1OC(F)F. The average molecular weight is 386 g/mol. The molecule has 0 spiro atoms. The van der Waals surface area contributed by atoms with Crippen molar-refractivity contribution in [3.63, 3.8) is 0 Å². The van der Waals surface area contributed by atoms with Gasteiger partial charge in [0.05, 0.1) is 0 Å². The summed E-state index contributed by atoms with van der Waals surface area (Å²) in [5.41, 5.74) is 4.22. The number of rotatable bonds is 7. The molecule has 0 saturated carbocycles. The van der Waals surface area contributed by atoms with Crippen molar-refractivity contribution in [3.05, 3.63) is 65.4 Å². The van der Waals surface area contributed by atoms with Crippen LogP contribution in [0.1, 0.15) is 16.7 Å². The number of aromatic nitrogens is 1. The van der Waals surface area contributed by atoms with Crippen molar-refractivity contribution in [2.45, 2.75) is 26.5 Å². The molecular weight excluding hydrogens is 362 g/mol. The maximum Gasteiger partial charge on any atom is 0.387 e. The first-order valence-electron chi connectivity index (χ1n) is 9.10. The van der Waals surface area contributed by atoms with Gasteiger partial charge in [0, 0.05) is 42.8 Å². The van der Waals surface area contributed by atoms with E-state index in [2.05, 4.69) is 50.5 Å². The Balaban J connectivity index is 1.54. The van der Waals surface area contributed by atoms with E-state index < -0.39 is 6.61 Å². The monoisotopic (exact) mass is 386 g/mol. The van der Waals surface area contributed by atoms with Gasteiger partial charge in [0.15, 0.2) is 5.96 Å². The van der Waals surface area contributed by atoms with Crippen molar-refractivity contribution in [1.82, 2.24) is 15.6 Å². The van der Waals surface area contributed by atoms with E-state index in [1.807, 2.05) is 6.20 Å². The molecule has 3 N–H and O–H groups in total. The lowest BCUT2D eigenvalue weighted by Gasteiger charge is -2.14. The normalized spacial score (nSPS) is 11.8. The molecule has 0 aliphatic rings. The molecule has 2 aromatic carbocycles. The quantitative estimate of drug-likeness (QED) is 0.425. The van der Waals surface area contributed by atoms with E-state index >= 15 is 0 Å². The summed E-state index contributed by atoms with van der Waals surface area (Å²) in [6.07, 6.45) is 2.86. The summed E-state index contributed by atoms with van der Waals surface area (Å²) < 4.78 is 29.6. The van der Waals surface area contributed by atoms with E-state index in [0.717, 1.165) is 11.9 Å². The van der Waals surface area contributed by atoms with Crippen molar-refractivity contribution >= 4 is 16.9 Å². The summed E-state index contributed by atoms with van der Waals surface area (Å²) in [6.45, 7) is 0.241. The second-order valence-corrected chi connectivity index (χ2v) is 6.45. The Morgan fingerprint density at radius 1 is 1.14 bits per heavy atom. The van der Waals surface area contributed by atoms with Gasteiger partial charge in [-0.2, -0.15) is 8.78 Å². The van der Waals surface area contributed by atoms with E-state index in [1.165, 1.54) is 22.6 Å². The third-order valence-electron chi connectivity index (χ3n) is 4.47. The molecule has 0 fully saturated rings.